The van der Waals surface area contributed by atoms with Crippen molar-refractivity contribution in [1.29, 1.82) is 0 Å². The molecule has 5 heteroatoms. The zero-order valence-corrected chi connectivity index (χ0v) is 12.2. The Bertz CT molecular complexity index is 409. The van der Waals surface area contributed by atoms with Gasteiger partial charge in [-0.25, -0.2) is 0 Å². The van der Waals surface area contributed by atoms with Crippen LogP contribution in [0.2, 0.25) is 0 Å². The summed E-state index contributed by atoms with van der Waals surface area (Å²) in [7, 11) is 1.47. The van der Waals surface area contributed by atoms with Gasteiger partial charge in [-0.05, 0) is 31.0 Å². The second kappa shape index (κ2) is 7.26. The zero-order chi connectivity index (χ0) is 13.5. The summed E-state index contributed by atoms with van der Waals surface area (Å²) >= 11 is 3.51. The molecule has 0 heterocycles. The first-order valence-corrected chi connectivity index (χ1v) is 6.79. The van der Waals surface area contributed by atoms with Gasteiger partial charge < -0.3 is 15.2 Å². The van der Waals surface area contributed by atoms with Crippen molar-refractivity contribution in [1.82, 2.24) is 5.32 Å². The molecule has 1 amide bonds. The van der Waals surface area contributed by atoms with Crippen LogP contribution in [-0.4, -0.2) is 29.5 Å². The van der Waals surface area contributed by atoms with E-state index in [0.29, 0.717) is 22.7 Å². The molecule has 2 N–H and O–H groups in total. The van der Waals surface area contributed by atoms with Crippen LogP contribution in [0.25, 0.3) is 0 Å². The summed E-state index contributed by atoms with van der Waals surface area (Å²) in [5, 5.41) is 12.4. The maximum Gasteiger partial charge on any atom is 0.251 e. The molecule has 0 aliphatic carbocycles. The highest BCUT2D eigenvalue weighted by molar-refractivity contribution is 9.09. The van der Waals surface area contributed by atoms with E-state index < -0.39 is 0 Å². The molecule has 0 spiro atoms. The predicted octanol–water partition coefficient (Wildman–Crippen LogP) is 2.69. The van der Waals surface area contributed by atoms with Crippen LogP contribution in [0.3, 0.4) is 0 Å². The summed E-state index contributed by atoms with van der Waals surface area (Å²) in [6.07, 6.45) is 1.91. The second-order valence-electron chi connectivity index (χ2n) is 3.94. The molecule has 1 unspecified atom stereocenters. The number of amides is 1. The van der Waals surface area contributed by atoms with E-state index in [1.165, 1.54) is 13.2 Å². The first kappa shape index (κ1) is 14.8. The van der Waals surface area contributed by atoms with Gasteiger partial charge in [-0.3, -0.25) is 4.79 Å². The third kappa shape index (κ3) is 4.22. The highest BCUT2D eigenvalue weighted by Crippen LogP contribution is 2.26. The summed E-state index contributed by atoms with van der Waals surface area (Å²) in [4.78, 5) is 12.2. The molecule has 1 aromatic carbocycles. The Kier molecular flexibility index (Phi) is 5.98. The fraction of sp³-hybridized carbons (Fsp3) is 0.462. The second-order valence-corrected chi connectivity index (χ2v) is 5.23. The molecular formula is C13H18BrNO3. The predicted molar refractivity (Wildman–Crippen MR) is 74.6 cm³/mol. The molecule has 0 saturated heterocycles. The highest BCUT2D eigenvalue weighted by Gasteiger charge is 2.09. The molecule has 1 atom stereocenters. The van der Waals surface area contributed by atoms with Gasteiger partial charge in [-0.2, -0.15) is 0 Å². The molecule has 0 bridgehead atoms. The molecule has 100 valence electrons. The molecule has 1 aromatic rings. The average molecular weight is 316 g/mol. The monoisotopic (exact) mass is 315 g/mol. The summed E-state index contributed by atoms with van der Waals surface area (Å²) in [5.41, 5.74) is 0.427. The number of halogens is 1. The number of hydrogen-bond donors (Lipinski definition) is 2. The molecule has 0 fully saturated rings. The van der Waals surface area contributed by atoms with Gasteiger partial charge in [0, 0.05) is 16.9 Å². The smallest absolute Gasteiger partial charge is 0.251 e. The zero-order valence-electron chi connectivity index (χ0n) is 10.6. The molecule has 0 aliphatic heterocycles. The Morgan fingerprint density at radius 1 is 1.56 bits per heavy atom. The van der Waals surface area contributed by atoms with Crippen molar-refractivity contribution < 1.29 is 14.6 Å². The Labute approximate surface area is 115 Å². The van der Waals surface area contributed by atoms with Gasteiger partial charge in [0.1, 0.15) is 0 Å². The minimum absolute atomic E-state index is 0.0305. The van der Waals surface area contributed by atoms with Crippen molar-refractivity contribution in [3.63, 3.8) is 0 Å². The van der Waals surface area contributed by atoms with Gasteiger partial charge in [-0.1, -0.05) is 22.9 Å². The van der Waals surface area contributed by atoms with E-state index >= 15 is 0 Å². The first-order chi connectivity index (χ1) is 8.58. The summed E-state index contributed by atoms with van der Waals surface area (Å²) in [6.45, 7) is 2.69. The number of ether oxygens (including phenoxy) is 1. The lowest BCUT2D eigenvalue weighted by Crippen LogP contribution is -2.25. The molecule has 0 saturated carbocycles. The number of benzene rings is 1. The number of phenols is 1. The topological polar surface area (TPSA) is 58.6 Å². The maximum absolute atomic E-state index is 11.8. The third-order valence-corrected chi connectivity index (χ3v) is 3.73. The van der Waals surface area contributed by atoms with Crippen molar-refractivity contribution in [2.75, 3.05) is 13.7 Å². The van der Waals surface area contributed by atoms with Crippen molar-refractivity contribution in [3.8, 4) is 11.5 Å². The van der Waals surface area contributed by atoms with Gasteiger partial charge in [0.15, 0.2) is 11.5 Å². The van der Waals surface area contributed by atoms with E-state index in [0.717, 1.165) is 12.8 Å². The van der Waals surface area contributed by atoms with Crippen LogP contribution < -0.4 is 10.1 Å². The number of hydrogen-bond acceptors (Lipinski definition) is 3. The van der Waals surface area contributed by atoms with Gasteiger partial charge >= 0.3 is 0 Å². The average Bonchev–Trinajstić information content (AvgIpc) is 2.38. The Morgan fingerprint density at radius 3 is 2.83 bits per heavy atom. The number of nitrogens with one attached hydrogen (secondary N) is 1. The van der Waals surface area contributed by atoms with Gasteiger partial charge in [-0.15, -0.1) is 0 Å². The third-order valence-electron chi connectivity index (χ3n) is 2.63. The number of methoxy groups -OCH3 is 1. The minimum Gasteiger partial charge on any atom is -0.504 e. The van der Waals surface area contributed by atoms with Crippen molar-refractivity contribution in [2.45, 2.75) is 24.6 Å². The standard InChI is InChI=1S/C13H18BrNO3/c1-3-10(14)6-7-15-13(17)9-4-5-12(18-2)11(16)8-9/h4-5,8,10,16H,3,6-7H2,1-2H3,(H,15,17). The van der Waals surface area contributed by atoms with Crippen LogP contribution in [0.4, 0.5) is 0 Å². The number of aromatic hydroxyl groups is 1. The number of alkyl halides is 1. The summed E-state index contributed by atoms with van der Waals surface area (Å²) in [6, 6.07) is 4.60. The molecule has 1 rings (SSSR count). The normalized spacial score (nSPS) is 11.9. The Balaban J connectivity index is 2.54. The largest absolute Gasteiger partial charge is 0.504 e. The van der Waals surface area contributed by atoms with E-state index in [2.05, 4.69) is 28.2 Å². The van der Waals surface area contributed by atoms with Crippen LogP contribution in [0, 0.1) is 0 Å². The van der Waals surface area contributed by atoms with Crippen LogP contribution >= 0.6 is 15.9 Å². The highest BCUT2D eigenvalue weighted by atomic mass is 79.9. The fourth-order valence-corrected chi connectivity index (χ4v) is 1.71. The molecular weight excluding hydrogens is 298 g/mol. The van der Waals surface area contributed by atoms with Gasteiger partial charge in [0.05, 0.1) is 7.11 Å². The Morgan fingerprint density at radius 2 is 2.28 bits per heavy atom. The number of carbonyl (C=O) groups is 1. The first-order valence-electron chi connectivity index (χ1n) is 5.87. The lowest BCUT2D eigenvalue weighted by Gasteiger charge is -2.09. The van der Waals surface area contributed by atoms with Crippen molar-refractivity contribution >= 4 is 21.8 Å². The van der Waals surface area contributed by atoms with Crippen molar-refractivity contribution in [3.05, 3.63) is 23.8 Å². The lowest BCUT2D eigenvalue weighted by atomic mass is 10.2. The van der Waals surface area contributed by atoms with Crippen molar-refractivity contribution in [2.24, 2.45) is 0 Å². The SMILES string of the molecule is CCC(Br)CCNC(=O)c1ccc(OC)c(O)c1. The summed E-state index contributed by atoms with van der Waals surface area (Å²) in [5.74, 6) is 0.138. The van der Waals surface area contributed by atoms with E-state index in [1.54, 1.807) is 12.1 Å². The maximum atomic E-state index is 11.8. The van der Waals surface area contributed by atoms with E-state index in [1.807, 2.05) is 0 Å². The van der Waals surface area contributed by atoms with Crippen LogP contribution in [0.1, 0.15) is 30.1 Å². The number of rotatable bonds is 6. The molecule has 18 heavy (non-hydrogen) atoms. The Hall–Kier alpha value is -1.23. The molecule has 0 aliphatic rings. The van der Waals surface area contributed by atoms with Crippen LogP contribution in [0.5, 0.6) is 11.5 Å². The van der Waals surface area contributed by atoms with Crippen LogP contribution in [0.15, 0.2) is 18.2 Å². The quantitative estimate of drug-likeness (QED) is 0.793. The number of carbonyl (C=O) groups excluding carboxylic acids is 1. The van der Waals surface area contributed by atoms with Crippen LogP contribution in [-0.2, 0) is 0 Å². The molecule has 0 aromatic heterocycles. The van der Waals surface area contributed by atoms with E-state index in [9.17, 15) is 9.90 Å². The fourth-order valence-electron chi connectivity index (χ4n) is 1.48. The van der Waals surface area contributed by atoms with E-state index in [-0.39, 0.29) is 11.7 Å². The van der Waals surface area contributed by atoms with E-state index in [4.69, 9.17) is 4.74 Å². The number of phenolic OH excluding ortho intramolecular Hbond substituents is 1. The summed E-state index contributed by atoms with van der Waals surface area (Å²) < 4.78 is 4.92. The van der Waals surface area contributed by atoms with Gasteiger partial charge in [0.2, 0.25) is 0 Å². The minimum atomic E-state index is -0.191. The lowest BCUT2D eigenvalue weighted by molar-refractivity contribution is 0.0952. The van der Waals surface area contributed by atoms with Gasteiger partial charge in [0.25, 0.3) is 5.91 Å². The molecule has 4 nitrogen and oxygen atoms in total. The molecule has 0 radical (unpaired) electrons.